The van der Waals surface area contributed by atoms with Crippen LogP contribution in [-0.2, 0) is 16.2 Å². The molecule has 0 aliphatic carbocycles. The lowest BCUT2D eigenvalue weighted by Crippen LogP contribution is -2.68. The summed E-state index contributed by atoms with van der Waals surface area (Å²) in [5, 5.41) is 0. The first-order valence-corrected chi connectivity index (χ1v) is 48.2. The SMILES string of the molecule is Cc1cc(C)c(N2c3ccccc3N3c4cc5c(c6c4B(c4ccccc4S6)c4cccc2c43)B2c3c(cc(C(C)(C)C)cc3N(c3c(-c4ccccc4)cc(C(C)(C)C)cc3-c3ccccc3)c3cc4c6c(c32)Sc2ccccc2B6c2cccc3c2N4c2ccccc2N3c2c(C)cc(C)cc2C)N5c2c(-c3ccccc3)cc(C(C)(C)C)cc2-c2ccccc2)c(C)c1. The maximum atomic E-state index is 2.87. The summed E-state index contributed by atoms with van der Waals surface area (Å²) in [5.41, 5.74) is 52.6. The number of benzene rings is 17. The van der Waals surface area contributed by atoms with Crippen molar-refractivity contribution >= 4 is 195 Å². The molecule has 8 aliphatic heterocycles. The highest BCUT2D eigenvalue weighted by molar-refractivity contribution is 8.00. The molecule has 0 radical (unpaired) electrons. The Hall–Kier alpha value is -13.6. The summed E-state index contributed by atoms with van der Waals surface area (Å²) in [6.45, 7) is 34.7. The summed E-state index contributed by atoms with van der Waals surface area (Å²) in [7, 11) is 0. The Labute approximate surface area is 780 Å². The number of hydrogen-bond donors (Lipinski definition) is 0. The Morgan fingerprint density at radius 2 is 0.458 bits per heavy atom. The minimum Gasteiger partial charge on any atom is -0.310 e. The van der Waals surface area contributed by atoms with Gasteiger partial charge in [-0.1, -0.05) is 338 Å². The molecule has 0 saturated heterocycles. The number of aryl methyl sites for hydroxylation is 6. The van der Waals surface area contributed by atoms with E-state index in [1.807, 2.05) is 23.5 Å². The van der Waals surface area contributed by atoms with Crippen LogP contribution in [0.1, 0.15) is 112 Å². The first-order valence-electron chi connectivity index (χ1n) is 46.6. The molecule has 0 bridgehead atoms. The van der Waals surface area contributed by atoms with Gasteiger partial charge in [-0.2, -0.15) is 0 Å². The van der Waals surface area contributed by atoms with Gasteiger partial charge in [-0.25, -0.2) is 0 Å². The van der Waals surface area contributed by atoms with E-state index in [4.69, 9.17) is 0 Å². The lowest BCUT2D eigenvalue weighted by Gasteiger charge is -2.52. The molecule has 0 fully saturated rings. The van der Waals surface area contributed by atoms with E-state index in [1.54, 1.807) is 0 Å². The van der Waals surface area contributed by atoms with Crippen LogP contribution in [0.5, 0.6) is 0 Å². The largest absolute Gasteiger partial charge is 0.310 e. The van der Waals surface area contributed by atoms with Crippen LogP contribution >= 0.6 is 23.5 Å². The van der Waals surface area contributed by atoms with E-state index in [-0.39, 0.29) is 24.3 Å². The predicted octanol–water partition coefficient (Wildman–Crippen LogP) is 27.3. The standard InChI is InChI=1S/C120H99B3N6S2/c1-70-58-72(3)110(73(4)59-70)124-91-50-30-32-52-93(91)126-99-68-101-108(116-106(99)121(87-46-28-34-56-103(87)130-116)89-48-36-54-95(124)114(89)126)123-105-97(128(101)112-83(76-38-20-16-21-39-76)62-80(118(7,8)9)63-84(112)77-40-22-17-23-41-77)66-82(120(13,14)15)67-98(105)129(113-85(78-42-24-18-25-43-78)64-81(119(10,11)12)65-86(113)79-44-26-19-27-45-79)102-69-100-107-117(109(102)123)131-104-57-35-29-47-88(104)122(107)90-49-37-55-96-115(90)127(100)94-53-33-31-51-92(94)125(96)111-74(5)60-71(2)61-75(111)6/h16-69H,1-15H3. The molecule has 0 amide bonds. The van der Waals surface area contributed by atoms with Crippen LogP contribution in [0.2, 0.25) is 0 Å². The zero-order valence-electron chi connectivity index (χ0n) is 76.9. The molecule has 6 nitrogen and oxygen atoms in total. The molecule has 25 rings (SSSR count). The van der Waals surface area contributed by atoms with Crippen LogP contribution in [0.3, 0.4) is 0 Å². The highest BCUT2D eigenvalue weighted by Gasteiger charge is 2.56. The minimum atomic E-state index is -0.418. The lowest BCUT2D eigenvalue weighted by molar-refractivity contribution is 0.590. The van der Waals surface area contributed by atoms with Gasteiger partial charge in [-0.3, -0.25) is 0 Å². The highest BCUT2D eigenvalue weighted by Crippen LogP contribution is 2.64. The van der Waals surface area contributed by atoms with Gasteiger partial charge in [-0.05, 0) is 254 Å². The highest BCUT2D eigenvalue weighted by atomic mass is 32.2. The van der Waals surface area contributed by atoms with E-state index in [0.29, 0.717) is 0 Å². The molecule has 0 atom stereocenters. The first-order chi connectivity index (χ1) is 63.4. The van der Waals surface area contributed by atoms with Crippen LogP contribution in [-0.4, -0.2) is 20.1 Å². The quantitative estimate of drug-likeness (QED) is 0.138. The van der Waals surface area contributed by atoms with E-state index in [0.717, 1.165) is 79.1 Å². The van der Waals surface area contributed by atoms with Crippen molar-refractivity contribution in [2.45, 2.75) is 140 Å². The predicted molar refractivity (Wildman–Crippen MR) is 563 cm³/mol. The Kier molecular flexibility index (Phi) is 17.6. The second kappa shape index (κ2) is 29.0. The van der Waals surface area contributed by atoms with Crippen molar-refractivity contribution in [2.24, 2.45) is 0 Å². The van der Waals surface area contributed by atoms with E-state index in [9.17, 15) is 0 Å². The van der Waals surface area contributed by atoms with Gasteiger partial charge >= 0.3 is 0 Å². The summed E-state index contributed by atoms with van der Waals surface area (Å²) in [6, 6.07) is 129. The molecule has 11 heteroatoms. The number of rotatable bonds is 8. The average molecular weight is 1720 g/mol. The molecule has 17 aromatic rings. The second-order valence-electron chi connectivity index (χ2n) is 40.6. The van der Waals surface area contributed by atoms with Crippen LogP contribution in [0.4, 0.5) is 102 Å². The molecule has 8 aliphatic rings. The van der Waals surface area contributed by atoms with Crippen LogP contribution in [0.25, 0.3) is 44.5 Å². The second-order valence-corrected chi connectivity index (χ2v) is 42.7. The van der Waals surface area contributed by atoms with Gasteiger partial charge in [0.25, 0.3) is 6.71 Å². The fourth-order valence-electron chi connectivity index (χ4n) is 23.7. The van der Waals surface area contributed by atoms with Crippen molar-refractivity contribution in [1.29, 1.82) is 0 Å². The molecular formula is C120H99B3N6S2. The fraction of sp³-hybridized carbons (Fsp3) is 0.150. The molecule has 0 saturated carbocycles. The van der Waals surface area contributed by atoms with Crippen molar-refractivity contribution in [3.8, 4) is 44.5 Å². The smallest absolute Gasteiger partial charge is 0.255 e. The molecule has 0 spiro atoms. The van der Waals surface area contributed by atoms with Crippen molar-refractivity contribution in [3.05, 3.63) is 378 Å². The van der Waals surface area contributed by atoms with Gasteiger partial charge in [0.1, 0.15) is 0 Å². The van der Waals surface area contributed by atoms with Gasteiger partial charge in [0.15, 0.2) is 0 Å². The van der Waals surface area contributed by atoms with Gasteiger partial charge < -0.3 is 29.4 Å². The molecule has 0 aromatic heterocycles. The van der Waals surface area contributed by atoms with E-state index < -0.39 is 12.1 Å². The number of anilines is 18. The molecule has 630 valence electrons. The molecule has 17 aromatic carbocycles. The van der Waals surface area contributed by atoms with Crippen molar-refractivity contribution in [3.63, 3.8) is 0 Å². The Morgan fingerprint density at radius 3 is 0.779 bits per heavy atom. The van der Waals surface area contributed by atoms with E-state index in [2.05, 4.69) is 461 Å². The zero-order valence-corrected chi connectivity index (χ0v) is 78.5. The molecule has 0 unspecified atom stereocenters. The summed E-state index contributed by atoms with van der Waals surface area (Å²) >= 11 is 4.03. The van der Waals surface area contributed by atoms with Gasteiger partial charge in [0, 0.05) is 76.0 Å². The minimum absolute atomic E-state index is 0.183. The maximum Gasteiger partial charge on any atom is 0.255 e. The van der Waals surface area contributed by atoms with Gasteiger partial charge in [0.2, 0.25) is 13.4 Å². The third-order valence-corrected chi connectivity index (χ3v) is 31.7. The topological polar surface area (TPSA) is 19.4 Å². The maximum absolute atomic E-state index is 2.87. The van der Waals surface area contributed by atoms with Crippen molar-refractivity contribution in [2.75, 3.05) is 29.4 Å². The fourth-order valence-corrected chi connectivity index (χ4v) is 26.4. The summed E-state index contributed by atoms with van der Waals surface area (Å²) in [6.07, 6.45) is 0. The Bertz CT molecular complexity index is 7180. The van der Waals surface area contributed by atoms with E-state index in [1.165, 1.54) is 187 Å². The normalized spacial score (nSPS) is 14.2. The molecule has 0 N–H and O–H groups in total. The average Bonchev–Trinajstić information content (AvgIpc) is 0.629. The summed E-state index contributed by atoms with van der Waals surface area (Å²) in [4.78, 5) is 21.6. The summed E-state index contributed by atoms with van der Waals surface area (Å²) < 4.78 is 0. The van der Waals surface area contributed by atoms with E-state index >= 15 is 0 Å². The van der Waals surface area contributed by atoms with Crippen molar-refractivity contribution < 1.29 is 0 Å². The third kappa shape index (κ3) is 11.7. The Balaban J connectivity index is 0.903. The Morgan fingerprint density at radius 1 is 0.206 bits per heavy atom. The summed E-state index contributed by atoms with van der Waals surface area (Å²) in [5.74, 6) is 0. The number of hydrogen-bond acceptors (Lipinski definition) is 8. The van der Waals surface area contributed by atoms with Crippen LogP contribution in [0.15, 0.2) is 347 Å². The third-order valence-electron chi connectivity index (χ3n) is 29.2. The van der Waals surface area contributed by atoms with Crippen LogP contribution in [0, 0.1) is 41.5 Å². The van der Waals surface area contributed by atoms with Crippen molar-refractivity contribution in [1.82, 2.24) is 0 Å². The molecule has 131 heavy (non-hydrogen) atoms. The first kappa shape index (κ1) is 79.6. The number of nitrogens with zero attached hydrogens (tertiary/aromatic N) is 6. The van der Waals surface area contributed by atoms with Crippen LogP contribution < -0.4 is 78.6 Å². The zero-order chi connectivity index (χ0) is 89.0. The van der Waals surface area contributed by atoms with Gasteiger partial charge in [-0.15, -0.1) is 0 Å². The molecule has 8 heterocycles. The lowest BCUT2D eigenvalue weighted by atomic mass is 9.29. The van der Waals surface area contributed by atoms with Gasteiger partial charge in [0.05, 0.1) is 68.2 Å². The number of fused-ring (bicyclic) bond motifs is 18. The number of para-hydroxylation sites is 6. The monoisotopic (exact) mass is 1720 g/mol. The molecular weight excluding hydrogens is 1620 g/mol.